The third-order valence-corrected chi connectivity index (χ3v) is 5.63. The lowest BCUT2D eigenvalue weighted by atomic mass is 10.3. The Bertz CT molecular complexity index is 835. The second-order valence-electron chi connectivity index (χ2n) is 5.27. The van der Waals surface area contributed by atoms with Crippen molar-refractivity contribution in [2.75, 3.05) is 20.3 Å². The van der Waals surface area contributed by atoms with Crippen LogP contribution in [0.4, 0.5) is 0 Å². The van der Waals surface area contributed by atoms with E-state index < -0.39 is 16.0 Å². The van der Waals surface area contributed by atoms with E-state index in [1.807, 2.05) is 0 Å². The Morgan fingerprint density at radius 3 is 2.69 bits per heavy atom. The molecule has 9 heteroatoms. The first-order chi connectivity index (χ1) is 12.4. The molecule has 0 bridgehead atoms. The summed E-state index contributed by atoms with van der Waals surface area (Å²) in [7, 11) is -2.62. The summed E-state index contributed by atoms with van der Waals surface area (Å²) in [6.07, 6.45) is 1.36. The van der Waals surface area contributed by atoms with Crippen molar-refractivity contribution < 1.29 is 27.1 Å². The number of benzene rings is 1. The summed E-state index contributed by atoms with van der Waals surface area (Å²) < 4.78 is 42.7. The van der Waals surface area contributed by atoms with E-state index in [0.29, 0.717) is 5.76 Å². The highest BCUT2D eigenvalue weighted by molar-refractivity contribution is 7.89. The minimum Gasteiger partial charge on any atom is -0.495 e. The fraction of sp³-hybridized carbons (Fsp3) is 0.353. The summed E-state index contributed by atoms with van der Waals surface area (Å²) in [5.74, 6) is 0.124. The Hall–Kier alpha value is -2.03. The molecule has 7 nitrogen and oxygen atoms in total. The van der Waals surface area contributed by atoms with Crippen molar-refractivity contribution in [3.8, 4) is 5.75 Å². The van der Waals surface area contributed by atoms with Gasteiger partial charge in [-0.05, 0) is 37.3 Å². The molecule has 0 aliphatic heterocycles. The van der Waals surface area contributed by atoms with Crippen molar-refractivity contribution in [3.05, 3.63) is 47.4 Å². The predicted octanol–water partition coefficient (Wildman–Crippen LogP) is 3.09. The molecule has 2 rings (SSSR count). The Balaban J connectivity index is 2.35. The number of nitrogens with zero attached hydrogens (tertiary/aromatic N) is 1. The zero-order chi connectivity index (χ0) is 19.2. The van der Waals surface area contributed by atoms with Gasteiger partial charge in [-0.25, -0.2) is 8.42 Å². The SMILES string of the molecule is CCOC(=O)CCN(Cc1ccco1)S(=O)(=O)c1cc(Cl)ccc1OC. The lowest BCUT2D eigenvalue weighted by Crippen LogP contribution is -2.33. The smallest absolute Gasteiger partial charge is 0.307 e. The molecule has 2 aromatic rings. The van der Waals surface area contributed by atoms with E-state index in [2.05, 4.69) is 0 Å². The summed E-state index contributed by atoms with van der Waals surface area (Å²) >= 11 is 5.96. The van der Waals surface area contributed by atoms with Crippen LogP contribution in [0.2, 0.25) is 5.02 Å². The van der Waals surface area contributed by atoms with E-state index in [4.69, 9.17) is 25.5 Å². The predicted molar refractivity (Wildman–Crippen MR) is 95.6 cm³/mol. The quantitative estimate of drug-likeness (QED) is 0.600. The van der Waals surface area contributed by atoms with Crippen LogP contribution in [0.1, 0.15) is 19.1 Å². The van der Waals surface area contributed by atoms with Gasteiger partial charge in [-0.3, -0.25) is 4.79 Å². The van der Waals surface area contributed by atoms with Crippen LogP contribution >= 0.6 is 11.6 Å². The number of rotatable bonds is 9. The number of sulfonamides is 1. The largest absolute Gasteiger partial charge is 0.495 e. The molecule has 0 radical (unpaired) electrons. The number of hydrogen-bond acceptors (Lipinski definition) is 6. The molecule has 0 unspecified atom stereocenters. The van der Waals surface area contributed by atoms with Crippen molar-refractivity contribution in [1.29, 1.82) is 0 Å². The summed E-state index contributed by atoms with van der Waals surface area (Å²) in [4.78, 5) is 11.6. The van der Waals surface area contributed by atoms with Gasteiger partial charge in [0.1, 0.15) is 16.4 Å². The molecule has 0 spiro atoms. The number of hydrogen-bond donors (Lipinski definition) is 0. The maximum absolute atomic E-state index is 13.2. The summed E-state index contributed by atoms with van der Waals surface area (Å²) in [5, 5.41) is 0.257. The van der Waals surface area contributed by atoms with Crippen LogP contribution in [-0.4, -0.2) is 39.0 Å². The number of ether oxygens (including phenoxy) is 2. The van der Waals surface area contributed by atoms with Gasteiger partial charge in [0.25, 0.3) is 0 Å². The fourth-order valence-electron chi connectivity index (χ4n) is 2.30. The molecule has 0 amide bonds. The van der Waals surface area contributed by atoms with Gasteiger partial charge in [-0.2, -0.15) is 4.31 Å². The number of carbonyl (C=O) groups excluding carboxylic acids is 1. The fourth-order valence-corrected chi connectivity index (χ4v) is 4.13. The molecule has 0 N–H and O–H groups in total. The first-order valence-electron chi connectivity index (χ1n) is 7.90. The standard InChI is InChI=1S/C17H20ClNO6S/c1-3-24-17(20)8-9-19(12-14-5-4-10-25-14)26(21,22)16-11-13(18)6-7-15(16)23-2/h4-7,10-11H,3,8-9,12H2,1-2H3. The van der Waals surface area contributed by atoms with Crippen LogP contribution in [0, 0.1) is 0 Å². The molecule has 1 aromatic carbocycles. The molecule has 0 aliphatic carbocycles. The second-order valence-corrected chi connectivity index (χ2v) is 7.61. The van der Waals surface area contributed by atoms with Gasteiger partial charge in [0.15, 0.2) is 0 Å². The molecule has 0 atom stereocenters. The van der Waals surface area contributed by atoms with E-state index >= 15 is 0 Å². The molecule has 0 saturated heterocycles. The number of halogens is 1. The van der Waals surface area contributed by atoms with Crippen molar-refractivity contribution in [2.24, 2.45) is 0 Å². The zero-order valence-electron chi connectivity index (χ0n) is 14.5. The van der Waals surface area contributed by atoms with Crippen molar-refractivity contribution in [1.82, 2.24) is 4.31 Å². The maximum Gasteiger partial charge on any atom is 0.307 e. The number of furan rings is 1. The van der Waals surface area contributed by atoms with Gasteiger partial charge in [-0.15, -0.1) is 0 Å². The Labute approximate surface area is 157 Å². The highest BCUT2D eigenvalue weighted by atomic mass is 35.5. The van der Waals surface area contributed by atoms with Gasteiger partial charge in [0, 0.05) is 11.6 Å². The highest BCUT2D eigenvalue weighted by Crippen LogP contribution is 2.30. The lowest BCUT2D eigenvalue weighted by Gasteiger charge is -2.22. The normalized spacial score (nSPS) is 11.5. The van der Waals surface area contributed by atoms with Crippen LogP contribution in [0.3, 0.4) is 0 Å². The Morgan fingerprint density at radius 1 is 1.31 bits per heavy atom. The summed E-state index contributed by atoms with van der Waals surface area (Å²) in [6, 6.07) is 7.64. The average molecular weight is 402 g/mol. The number of methoxy groups -OCH3 is 1. The van der Waals surface area contributed by atoms with Gasteiger partial charge >= 0.3 is 5.97 Å². The molecular formula is C17H20ClNO6S. The van der Waals surface area contributed by atoms with E-state index in [-0.39, 0.29) is 41.8 Å². The van der Waals surface area contributed by atoms with Crippen LogP contribution in [0.5, 0.6) is 5.75 Å². The molecule has 0 saturated carbocycles. The van der Waals surface area contributed by atoms with E-state index in [0.717, 1.165) is 4.31 Å². The van der Waals surface area contributed by atoms with E-state index in [1.54, 1.807) is 19.1 Å². The topological polar surface area (TPSA) is 86.0 Å². The molecule has 26 heavy (non-hydrogen) atoms. The van der Waals surface area contributed by atoms with Crippen LogP contribution in [0.15, 0.2) is 45.9 Å². The van der Waals surface area contributed by atoms with E-state index in [1.165, 1.54) is 31.6 Å². The van der Waals surface area contributed by atoms with E-state index in [9.17, 15) is 13.2 Å². The first kappa shape index (κ1) is 20.3. The molecule has 1 aromatic heterocycles. The summed E-state index contributed by atoms with van der Waals surface area (Å²) in [5.41, 5.74) is 0. The minimum absolute atomic E-state index is 0.0373. The number of carbonyl (C=O) groups is 1. The Kier molecular flexibility index (Phi) is 7.07. The molecule has 0 fully saturated rings. The van der Waals surface area contributed by atoms with Crippen LogP contribution < -0.4 is 4.74 Å². The van der Waals surface area contributed by atoms with Gasteiger partial charge < -0.3 is 13.9 Å². The van der Waals surface area contributed by atoms with Crippen LogP contribution in [0.25, 0.3) is 0 Å². The monoisotopic (exact) mass is 401 g/mol. The second kappa shape index (κ2) is 9.07. The molecular weight excluding hydrogens is 382 g/mol. The van der Waals surface area contributed by atoms with Gasteiger partial charge in [-0.1, -0.05) is 11.6 Å². The summed E-state index contributed by atoms with van der Waals surface area (Å²) in [6.45, 7) is 1.81. The molecule has 0 aliphatic rings. The molecule has 1 heterocycles. The Morgan fingerprint density at radius 2 is 2.08 bits per heavy atom. The third kappa shape index (κ3) is 5.00. The zero-order valence-corrected chi connectivity index (χ0v) is 16.0. The van der Waals surface area contributed by atoms with Crippen LogP contribution in [-0.2, 0) is 26.1 Å². The van der Waals surface area contributed by atoms with Gasteiger partial charge in [0.05, 0.1) is 32.9 Å². The molecule has 142 valence electrons. The lowest BCUT2D eigenvalue weighted by molar-refractivity contribution is -0.143. The minimum atomic E-state index is -4.00. The van der Waals surface area contributed by atoms with Crippen molar-refractivity contribution in [3.63, 3.8) is 0 Å². The third-order valence-electron chi connectivity index (χ3n) is 3.53. The van der Waals surface area contributed by atoms with Crippen molar-refractivity contribution >= 4 is 27.6 Å². The maximum atomic E-state index is 13.2. The van der Waals surface area contributed by atoms with Crippen molar-refractivity contribution in [2.45, 2.75) is 24.8 Å². The van der Waals surface area contributed by atoms with Gasteiger partial charge in [0.2, 0.25) is 10.0 Å². The number of esters is 1. The first-order valence-corrected chi connectivity index (χ1v) is 9.72. The average Bonchev–Trinajstić information content (AvgIpc) is 3.11. The highest BCUT2D eigenvalue weighted by Gasteiger charge is 2.29.